The van der Waals surface area contributed by atoms with Gasteiger partial charge in [-0.15, -0.1) is 0 Å². The van der Waals surface area contributed by atoms with Crippen LogP contribution in [0.3, 0.4) is 0 Å². The summed E-state index contributed by atoms with van der Waals surface area (Å²) < 4.78 is 41.0. The molecule has 0 aliphatic carbocycles. The minimum atomic E-state index is -1.86. The lowest BCUT2D eigenvalue weighted by Gasteiger charge is -2.41. The lowest BCUT2D eigenvalue weighted by Crippen LogP contribution is -2.60. The third-order valence-electron chi connectivity index (χ3n) is 3.85. The van der Waals surface area contributed by atoms with Crippen molar-refractivity contribution in [1.82, 2.24) is 0 Å². The molecule has 1 aliphatic heterocycles. The molecule has 0 saturated carbocycles. The van der Waals surface area contributed by atoms with E-state index in [1.807, 2.05) is 30.3 Å². The first-order valence-corrected chi connectivity index (χ1v) is 8.70. The van der Waals surface area contributed by atoms with Crippen molar-refractivity contribution >= 4 is 17.9 Å². The van der Waals surface area contributed by atoms with Crippen molar-refractivity contribution in [2.75, 3.05) is 6.61 Å². The molecule has 154 valence electrons. The van der Waals surface area contributed by atoms with Crippen LogP contribution in [0, 0.1) is 0 Å². The number of hydrogen-bond acceptors (Lipinski definition) is 8. The molecule has 1 saturated heterocycles. The largest absolute Gasteiger partial charge is 0.455 e. The number of ether oxygens (including phenoxy) is 5. The third kappa shape index (κ3) is 6.28. The van der Waals surface area contributed by atoms with Crippen LogP contribution in [-0.2, 0) is 44.7 Å². The summed E-state index contributed by atoms with van der Waals surface area (Å²) >= 11 is 0. The van der Waals surface area contributed by atoms with Crippen LogP contribution in [-0.4, -0.2) is 55.3 Å². The molecule has 1 fully saturated rings. The first kappa shape index (κ1) is 21.8. The Morgan fingerprint density at radius 3 is 2.07 bits per heavy atom. The van der Waals surface area contributed by atoms with E-state index < -0.39 is 48.7 Å². The molecule has 2 rings (SSSR count). The highest BCUT2D eigenvalue weighted by atomic mass is 19.1. The average Bonchev–Trinajstić information content (AvgIpc) is 2.61. The van der Waals surface area contributed by atoms with Gasteiger partial charge in [0.2, 0.25) is 12.4 Å². The summed E-state index contributed by atoms with van der Waals surface area (Å²) in [7, 11) is 0. The summed E-state index contributed by atoms with van der Waals surface area (Å²) in [4.78, 5) is 34.2. The molecule has 0 bridgehead atoms. The smallest absolute Gasteiger partial charge is 0.305 e. The Labute approximate surface area is 161 Å². The Kier molecular flexibility index (Phi) is 7.89. The maximum atomic E-state index is 15.0. The standard InChI is InChI=1S/C19H23FO8/c1-11(21)25-17-16(20)15(10-24-9-14-7-5-4-6-8-14)28-19(27-13(3)23)18(17)26-12(2)22/h4-8,15-19H,9-10H2,1-3H3/t15-,16+,17-,18-,19+/m1/s1. The molecule has 9 heteroatoms. The van der Waals surface area contributed by atoms with Crippen molar-refractivity contribution in [2.45, 2.75) is 58.2 Å². The van der Waals surface area contributed by atoms with E-state index in [9.17, 15) is 18.8 Å². The quantitative estimate of drug-likeness (QED) is 0.506. The number of hydrogen-bond donors (Lipinski definition) is 0. The number of carbonyl (C=O) groups excluding carboxylic acids is 3. The molecule has 8 nitrogen and oxygen atoms in total. The number of alkyl halides is 1. The van der Waals surface area contributed by atoms with E-state index in [0.717, 1.165) is 26.3 Å². The van der Waals surface area contributed by atoms with E-state index in [2.05, 4.69) is 0 Å². The van der Waals surface area contributed by atoms with E-state index >= 15 is 0 Å². The number of carbonyl (C=O) groups is 3. The summed E-state index contributed by atoms with van der Waals surface area (Å²) in [6.45, 7) is 3.32. The highest BCUT2D eigenvalue weighted by Crippen LogP contribution is 2.29. The molecule has 0 N–H and O–H groups in total. The maximum Gasteiger partial charge on any atom is 0.305 e. The Balaban J connectivity index is 2.13. The molecule has 28 heavy (non-hydrogen) atoms. The predicted molar refractivity (Wildman–Crippen MR) is 92.5 cm³/mol. The van der Waals surface area contributed by atoms with Crippen LogP contribution in [0.2, 0.25) is 0 Å². The van der Waals surface area contributed by atoms with Crippen LogP contribution in [0.15, 0.2) is 30.3 Å². The van der Waals surface area contributed by atoms with Gasteiger partial charge >= 0.3 is 17.9 Å². The van der Waals surface area contributed by atoms with Gasteiger partial charge in [-0.1, -0.05) is 30.3 Å². The van der Waals surface area contributed by atoms with Gasteiger partial charge in [0.05, 0.1) is 13.2 Å². The summed E-state index contributed by atoms with van der Waals surface area (Å²) in [6.07, 6.45) is -7.46. The zero-order chi connectivity index (χ0) is 20.7. The number of esters is 3. The lowest BCUT2D eigenvalue weighted by molar-refractivity contribution is -0.290. The predicted octanol–water partition coefficient (Wildman–Crippen LogP) is 1.69. The van der Waals surface area contributed by atoms with Crippen LogP contribution >= 0.6 is 0 Å². The van der Waals surface area contributed by atoms with Gasteiger partial charge in [0.15, 0.2) is 12.3 Å². The molecule has 0 aromatic heterocycles. The molecule has 1 heterocycles. The van der Waals surface area contributed by atoms with Gasteiger partial charge in [-0.3, -0.25) is 14.4 Å². The fourth-order valence-electron chi connectivity index (χ4n) is 2.77. The fraction of sp³-hybridized carbons (Fsp3) is 0.526. The van der Waals surface area contributed by atoms with Crippen LogP contribution in [0.1, 0.15) is 26.3 Å². The van der Waals surface area contributed by atoms with Gasteiger partial charge in [-0.25, -0.2) is 4.39 Å². The van der Waals surface area contributed by atoms with Crippen LogP contribution in [0.25, 0.3) is 0 Å². The minimum Gasteiger partial charge on any atom is -0.455 e. The summed E-state index contributed by atoms with van der Waals surface area (Å²) in [5.74, 6) is -2.28. The second-order valence-electron chi connectivity index (χ2n) is 6.25. The Bertz CT molecular complexity index is 680. The second kappa shape index (κ2) is 10.1. The first-order valence-electron chi connectivity index (χ1n) is 8.70. The monoisotopic (exact) mass is 398 g/mol. The topological polar surface area (TPSA) is 97.4 Å². The highest BCUT2D eigenvalue weighted by molar-refractivity contribution is 5.68. The Morgan fingerprint density at radius 2 is 1.50 bits per heavy atom. The van der Waals surface area contributed by atoms with E-state index in [0.29, 0.717) is 0 Å². The van der Waals surface area contributed by atoms with Crippen LogP contribution in [0.4, 0.5) is 4.39 Å². The molecule has 0 spiro atoms. The van der Waals surface area contributed by atoms with Gasteiger partial charge in [-0.05, 0) is 5.56 Å². The second-order valence-corrected chi connectivity index (χ2v) is 6.25. The van der Waals surface area contributed by atoms with Crippen LogP contribution in [0.5, 0.6) is 0 Å². The SMILES string of the molecule is CC(=O)O[C@H]1O[C@H](COCc2ccccc2)[C@H](F)[C@@H](OC(C)=O)[C@H]1OC(C)=O. The normalized spacial score (nSPS) is 26.9. The average molecular weight is 398 g/mol. The molecule has 5 atom stereocenters. The van der Waals surface area contributed by atoms with E-state index in [-0.39, 0.29) is 13.2 Å². The Hall–Kier alpha value is -2.52. The Morgan fingerprint density at radius 1 is 0.929 bits per heavy atom. The summed E-state index contributed by atoms with van der Waals surface area (Å²) in [5, 5.41) is 0. The van der Waals surface area contributed by atoms with Crippen molar-refractivity contribution < 1.29 is 42.5 Å². The number of benzene rings is 1. The van der Waals surface area contributed by atoms with Gasteiger partial charge in [0.1, 0.15) is 6.10 Å². The van der Waals surface area contributed by atoms with Crippen molar-refractivity contribution in [3.8, 4) is 0 Å². The summed E-state index contributed by atoms with van der Waals surface area (Å²) in [6, 6.07) is 9.22. The van der Waals surface area contributed by atoms with Gasteiger partial charge in [-0.2, -0.15) is 0 Å². The molecular weight excluding hydrogens is 375 g/mol. The van der Waals surface area contributed by atoms with Gasteiger partial charge in [0.25, 0.3) is 0 Å². The number of halogens is 1. The highest BCUT2D eigenvalue weighted by Gasteiger charge is 2.52. The van der Waals surface area contributed by atoms with Crippen molar-refractivity contribution in [3.05, 3.63) is 35.9 Å². The molecule has 0 amide bonds. The molecule has 1 aromatic carbocycles. The molecular formula is C19H23FO8. The minimum absolute atomic E-state index is 0.196. The molecule has 1 aromatic rings. The summed E-state index contributed by atoms with van der Waals surface area (Å²) in [5.41, 5.74) is 0.875. The lowest BCUT2D eigenvalue weighted by atomic mass is 10.00. The van der Waals surface area contributed by atoms with Crippen molar-refractivity contribution in [3.63, 3.8) is 0 Å². The third-order valence-corrected chi connectivity index (χ3v) is 3.85. The fourth-order valence-corrected chi connectivity index (χ4v) is 2.77. The molecule has 1 aliphatic rings. The van der Waals surface area contributed by atoms with Gasteiger partial charge in [0, 0.05) is 20.8 Å². The first-order chi connectivity index (χ1) is 13.3. The van der Waals surface area contributed by atoms with E-state index in [4.69, 9.17) is 23.7 Å². The molecule has 0 unspecified atom stereocenters. The van der Waals surface area contributed by atoms with Crippen molar-refractivity contribution in [2.24, 2.45) is 0 Å². The van der Waals surface area contributed by atoms with E-state index in [1.54, 1.807) is 0 Å². The zero-order valence-corrected chi connectivity index (χ0v) is 15.8. The van der Waals surface area contributed by atoms with Crippen molar-refractivity contribution in [1.29, 1.82) is 0 Å². The number of rotatable bonds is 7. The zero-order valence-electron chi connectivity index (χ0n) is 15.8. The van der Waals surface area contributed by atoms with Gasteiger partial charge < -0.3 is 23.7 Å². The van der Waals surface area contributed by atoms with E-state index in [1.165, 1.54) is 0 Å². The van der Waals surface area contributed by atoms with Crippen LogP contribution < -0.4 is 0 Å². The maximum absolute atomic E-state index is 15.0. The molecule has 0 radical (unpaired) electrons.